The van der Waals surface area contributed by atoms with Crippen LogP contribution in [0.5, 0.6) is 0 Å². The zero-order chi connectivity index (χ0) is 19.6. The quantitative estimate of drug-likeness (QED) is 0.541. The molecule has 0 unspecified atom stereocenters. The molecule has 1 aromatic heterocycles. The van der Waals surface area contributed by atoms with Gasteiger partial charge in [0.1, 0.15) is 0 Å². The maximum absolute atomic E-state index is 12.4. The lowest BCUT2D eigenvalue weighted by molar-refractivity contribution is 0.432. The van der Waals surface area contributed by atoms with Crippen molar-refractivity contribution in [1.29, 1.82) is 0 Å². The van der Waals surface area contributed by atoms with Gasteiger partial charge in [-0.1, -0.05) is 41.1 Å². The largest absolute Gasteiger partial charge is 0.334 e. The first-order chi connectivity index (χ1) is 13.5. The second kappa shape index (κ2) is 7.28. The Hall–Kier alpha value is -3.45. The van der Waals surface area contributed by atoms with Gasteiger partial charge in [-0.2, -0.15) is 4.98 Å². The maximum Gasteiger partial charge on any atom is 0.261 e. The molecule has 3 aromatic carbocycles. The number of anilines is 1. The molecule has 0 saturated heterocycles. The molecule has 0 amide bonds. The number of hydrogen-bond donors (Lipinski definition) is 1. The van der Waals surface area contributed by atoms with Gasteiger partial charge in [0.15, 0.2) is 0 Å². The summed E-state index contributed by atoms with van der Waals surface area (Å²) in [6.07, 6.45) is 0. The lowest BCUT2D eigenvalue weighted by Crippen LogP contribution is -2.12. The van der Waals surface area contributed by atoms with Gasteiger partial charge in [-0.15, -0.1) is 0 Å². The summed E-state index contributed by atoms with van der Waals surface area (Å²) in [6.45, 7) is 2.01. The van der Waals surface area contributed by atoms with E-state index in [4.69, 9.17) is 4.52 Å². The lowest BCUT2D eigenvalue weighted by atomic mass is 10.1. The molecule has 4 aromatic rings. The molecule has 0 aliphatic carbocycles. The molecule has 6 nitrogen and oxygen atoms in total. The average Bonchev–Trinajstić information content (AvgIpc) is 3.20. The molecule has 4 rings (SSSR count). The average molecular weight is 391 g/mol. The van der Waals surface area contributed by atoms with Crippen molar-refractivity contribution in [2.24, 2.45) is 0 Å². The number of sulfonamides is 1. The van der Waals surface area contributed by atoms with Gasteiger partial charge in [0.25, 0.3) is 15.9 Å². The second-order valence-electron chi connectivity index (χ2n) is 6.29. The minimum absolute atomic E-state index is 0.208. The van der Waals surface area contributed by atoms with E-state index < -0.39 is 10.0 Å². The van der Waals surface area contributed by atoms with Crippen LogP contribution in [0.3, 0.4) is 0 Å². The fourth-order valence-electron chi connectivity index (χ4n) is 2.66. The Bertz CT molecular complexity index is 1180. The van der Waals surface area contributed by atoms with Gasteiger partial charge in [-0.25, -0.2) is 8.42 Å². The third-order valence-corrected chi connectivity index (χ3v) is 5.57. The number of nitrogens with one attached hydrogen (secondary N) is 1. The molecule has 0 bridgehead atoms. The molecule has 0 atom stereocenters. The number of aryl methyl sites for hydroxylation is 1. The highest BCUT2D eigenvalue weighted by atomic mass is 32.2. The first-order valence-corrected chi connectivity index (χ1v) is 10.1. The monoisotopic (exact) mass is 391 g/mol. The van der Waals surface area contributed by atoms with Crippen LogP contribution in [0.1, 0.15) is 5.56 Å². The van der Waals surface area contributed by atoms with Gasteiger partial charge >= 0.3 is 0 Å². The molecule has 28 heavy (non-hydrogen) atoms. The summed E-state index contributed by atoms with van der Waals surface area (Å²) in [4.78, 5) is 4.62. The third kappa shape index (κ3) is 3.79. The van der Waals surface area contributed by atoms with Crippen molar-refractivity contribution < 1.29 is 12.9 Å². The van der Waals surface area contributed by atoms with E-state index in [0.29, 0.717) is 17.4 Å². The zero-order valence-electron chi connectivity index (χ0n) is 15.0. The van der Waals surface area contributed by atoms with Crippen molar-refractivity contribution in [2.75, 3.05) is 4.72 Å². The summed E-state index contributed by atoms with van der Waals surface area (Å²) >= 11 is 0. The minimum Gasteiger partial charge on any atom is -0.334 e. The van der Waals surface area contributed by atoms with Crippen molar-refractivity contribution in [3.05, 3.63) is 84.4 Å². The number of benzene rings is 3. The summed E-state index contributed by atoms with van der Waals surface area (Å²) in [6, 6.07) is 22.8. The number of rotatable bonds is 5. The minimum atomic E-state index is -3.63. The predicted octanol–water partition coefficient (Wildman–Crippen LogP) is 4.51. The van der Waals surface area contributed by atoms with Gasteiger partial charge < -0.3 is 4.52 Å². The van der Waals surface area contributed by atoms with Crippen LogP contribution < -0.4 is 4.72 Å². The fourth-order valence-corrected chi connectivity index (χ4v) is 3.73. The van der Waals surface area contributed by atoms with E-state index in [1.54, 1.807) is 54.6 Å². The Kier molecular flexibility index (Phi) is 4.67. The summed E-state index contributed by atoms with van der Waals surface area (Å²) in [5, 5.41) is 4.01. The summed E-state index contributed by atoms with van der Waals surface area (Å²) in [5.74, 6) is 0.872. The second-order valence-corrected chi connectivity index (χ2v) is 7.97. The van der Waals surface area contributed by atoms with E-state index >= 15 is 0 Å². The first-order valence-electron chi connectivity index (χ1n) is 8.60. The van der Waals surface area contributed by atoms with E-state index in [2.05, 4.69) is 14.9 Å². The van der Waals surface area contributed by atoms with Crippen LogP contribution in [0.4, 0.5) is 5.69 Å². The van der Waals surface area contributed by atoms with E-state index in [1.807, 2.05) is 31.2 Å². The molecule has 0 radical (unpaired) electrons. The Morgan fingerprint density at radius 2 is 1.46 bits per heavy atom. The molecule has 1 N–H and O–H groups in total. The molecule has 140 valence electrons. The van der Waals surface area contributed by atoms with Crippen LogP contribution in [0.2, 0.25) is 0 Å². The highest BCUT2D eigenvalue weighted by Gasteiger charge is 2.14. The topological polar surface area (TPSA) is 85.1 Å². The highest BCUT2D eigenvalue weighted by Crippen LogP contribution is 2.24. The standard InChI is InChI=1S/C21H17N3O3S/c1-15-7-9-17(10-8-15)21-22-20(23-27-21)16-11-13-18(14-12-16)24-28(25,26)19-5-3-2-4-6-19/h2-14,24H,1H3. The smallest absolute Gasteiger partial charge is 0.261 e. The van der Waals surface area contributed by atoms with Crippen LogP contribution in [-0.2, 0) is 10.0 Å². The normalized spacial score (nSPS) is 11.3. The van der Waals surface area contributed by atoms with E-state index in [0.717, 1.165) is 16.7 Å². The van der Waals surface area contributed by atoms with E-state index in [9.17, 15) is 8.42 Å². The van der Waals surface area contributed by atoms with Crippen molar-refractivity contribution >= 4 is 15.7 Å². The molecular formula is C21H17N3O3S. The van der Waals surface area contributed by atoms with Gasteiger partial charge in [0.2, 0.25) is 5.82 Å². The SMILES string of the molecule is Cc1ccc(-c2nc(-c3ccc(NS(=O)(=O)c4ccccc4)cc3)no2)cc1. The van der Waals surface area contributed by atoms with Crippen LogP contribution in [0.15, 0.2) is 88.3 Å². The molecule has 7 heteroatoms. The highest BCUT2D eigenvalue weighted by molar-refractivity contribution is 7.92. The molecule has 0 fully saturated rings. The van der Waals surface area contributed by atoms with Crippen molar-refractivity contribution in [3.63, 3.8) is 0 Å². The van der Waals surface area contributed by atoms with E-state index in [1.165, 1.54) is 0 Å². The first kappa shape index (κ1) is 17.9. The number of nitrogens with zero attached hydrogens (tertiary/aromatic N) is 2. The van der Waals surface area contributed by atoms with Crippen molar-refractivity contribution in [3.8, 4) is 22.8 Å². The Labute approximate surface area is 162 Å². The molecular weight excluding hydrogens is 374 g/mol. The Morgan fingerprint density at radius 3 is 2.14 bits per heavy atom. The molecule has 1 heterocycles. The Morgan fingerprint density at radius 1 is 0.821 bits per heavy atom. The molecule has 0 saturated carbocycles. The zero-order valence-corrected chi connectivity index (χ0v) is 15.8. The van der Waals surface area contributed by atoms with Crippen molar-refractivity contribution in [2.45, 2.75) is 11.8 Å². The summed E-state index contributed by atoms with van der Waals surface area (Å²) in [5.41, 5.74) is 3.17. The van der Waals surface area contributed by atoms with Crippen LogP contribution in [0.25, 0.3) is 22.8 Å². The van der Waals surface area contributed by atoms with Gasteiger partial charge in [-0.05, 0) is 55.5 Å². The third-order valence-electron chi connectivity index (χ3n) is 4.17. The van der Waals surface area contributed by atoms with Gasteiger partial charge in [0, 0.05) is 16.8 Å². The van der Waals surface area contributed by atoms with Crippen LogP contribution in [0, 0.1) is 6.92 Å². The van der Waals surface area contributed by atoms with Crippen LogP contribution in [-0.4, -0.2) is 18.6 Å². The summed E-state index contributed by atoms with van der Waals surface area (Å²) in [7, 11) is -3.63. The lowest BCUT2D eigenvalue weighted by Gasteiger charge is -2.08. The Balaban J connectivity index is 1.53. The van der Waals surface area contributed by atoms with Crippen molar-refractivity contribution in [1.82, 2.24) is 10.1 Å². The predicted molar refractivity (Wildman–Crippen MR) is 107 cm³/mol. The maximum atomic E-state index is 12.4. The molecule has 0 aliphatic rings. The number of hydrogen-bond acceptors (Lipinski definition) is 5. The molecule has 0 spiro atoms. The van der Waals surface area contributed by atoms with Gasteiger partial charge in [0.05, 0.1) is 4.90 Å². The van der Waals surface area contributed by atoms with Gasteiger partial charge in [-0.3, -0.25) is 4.72 Å². The van der Waals surface area contributed by atoms with Crippen LogP contribution >= 0.6 is 0 Å². The fraction of sp³-hybridized carbons (Fsp3) is 0.0476. The number of aromatic nitrogens is 2. The van der Waals surface area contributed by atoms with E-state index in [-0.39, 0.29) is 4.90 Å². The molecule has 0 aliphatic heterocycles. The summed E-state index contributed by atoms with van der Waals surface area (Å²) < 4.78 is 32.7.